The Morgan fingerprint density at radius 2 is 2.26 bits per heavy atom. The molecule has 3 nitrogen and oxygen atoms in total. The SMILES string of the molecule is CCO[C@H]1C[C@@H]2C=C(CO)c3ccccc3[C@]12C#N. The number of aliphatic hydroxyl groups excluding tert-OH is 1. The van der Waals surface area contributed by atoms with E-state index in [1.165, 1.54) is 0 Å². The lowest BCUT2D eigenvalue weighted by Gasteiger charge is -2.53. The molecule has 19 heavy (non-hydrogen) atoms. The number of rotatable bonds is 3. The molecule has 1 aromatic carbocycles. The van der Waals surface area contributed by atoms with Crippen molar-refractivity contribution in [1.82, 2.24) is 0 Å². The minimum atomic E-state index is -0.564. The first-order valence-corrected chi connectivity index (χ1v) is 6.72. The second kappa shape index (κ2) is 4.48. The summed E-state index contributed by atoms with van der Waals surface area (Å²) in [5.41, 5.74) is 2.37. The number of nitriles is 1. The summed E-state index contributed by atoms with van der Waals surface area (Å²) in [6, 6.07) is 10.4. The standard InChI is InChI=1S/C16H17NO2/c1-2-19-15-8-12-7-11(9-18)13-5-3-4-6-14(13)16(12,15)10-17/h3-7,12,15,18H,2,8-9H2,1H3/t12-,15-,16+/m0/s1. The van der Waals surface area contributed by atoms with E-state index in [1.54, 1.807) is 0 Å². The van der Waals surface area contributed by atoms with Gasteiger partial charge in [-0.15, -0.1) is 0 Å². The van der Waals surface area contributed by atoms with Crippen molar-refractivity contribution < 1.29 is 9.84 Å². The molecule has 1 fully saturated rings. The van der Waals surface area contributed by atoms with E-state index in [4.69, 9.17) is 4.74 Å². The van der Waals surface area contributed by atoms with Crippen molar-refractivity contribution >= 4 is 5.57 Å². The van der Waals surface area contributed by atoms with Gasteiger partial charge < -0.3 is 9.84 Å². The average molecular weight is 255 g/mol. The molecule has 0 amide bonds. The molecular weight excluding hydrogens is 238 g/mol. The Morgan fingerprint density at radius 3 is 2.95 bits per heavy atom. The molecule has 0 saturated heterocycles. The predicted octanol–water partition coefficient (Wildman–Crippen LogP) is 2.26. The molecule has 0 bridgehead atoms. The highest BCUT2D eigenvalue weighted by molar-refractivity contribution is 5.75. The second-order valence-corrected chi connectivity index (χ2v) is 5.16. The molecule has 1 N–H and O–H groups in total. The molecule has 0 unspecified atom stereocenters. The summed E-state index contributed by atoms with van der Waals surface area (Å²) in [6.07, 6.45) is 2.88. The fourth-order valence-corrected chi connectivity index (χ4v) is 3.46. The topological polar surface area (TPSA) is 53.2 Å². The van der Waals surface area contributed by atoms with Gasteiger partial charge in [0.15, 0.2) is 0 Å². The van der Waals surface area contributed by atoms with E-state index in [2.05, 4.69) is 12.1 Å². The smallest absolute Gasteiger partial charge is 0.115 e. The zero-order chi connectivity index (χ0) is 13.5. The van der Waals surface area contributed by atoms with Crippen molar-refractivity contribution in [3.63, 3.8) is 0 Å². The van der Waals surface area contributed by atoms with Gasteiger partial charge in [0.25, 0.3) is 0 Å². The lowest BCUT2D eigenvalue weighted by molar-refractivity contribution is -0.0667. The Hall–Kier alpha value is -1.63. The first-order valence-electron chi connectivity index (χ1n) is 6.72. The largest absolute Gasteiger partial charge is 0.392 e. The third-order valence-electron chi connectivity index (χ3n) is 4.41. The number of benzene rings is 1. The summed E-state index contributed by atoms with van der Waals surface area (Å²) in [6.45, 7) is 2.61. The van der Waals surface area contributed by atoms with Crippen molar-refractivity contribution in [2.24, 2.45) is 5.92 Å². The van der Waals surface area contributed by atoms with Crippen LogP contribution in [0.3, 0.4) is 0 Å². The Bertz CT molecular complexity index is 572. The highest BCUT2D eigenvalue weighted by atomic mass is 16.5. The number of hydrogen-bond donors (Lipinski definition) is 1. The Kier molecular flexibility index (Phi) is 2.93. The van der Waals surface area contributed by atoms with Crippen LogP contribution in [-0.2, 0) is 10.2 Å². The van der Waals surface area contributed by atoms with Gasteiger partial charge in [-0.3, -0.25) is 0 Å². The van der Waals surface area contributed by atoms with Crippen LogP contribution in [0.4, 0.5) is 0 Å². The first-order chi connectivity index (χ1) is 9.27. The van der Waals surface area contributed by atoms with Gasteiger partial charge in [-0.1, -0.05) is 30.3 Å². The summed E-state index contributed by atoms with van der Waals surface area (Å²) >= 11 is 0. The van der Waals surface area contributed by atoms with Gasteiger partial charge >= 0.3 is 0 Å². The molecule has 1 saturated carbocycles. The van der Waals surface area contributed by atoms with Crippen LogP contribution in [0.5, 0.6) is 0 Å². The second-order valence-electron chi connectivity index (χ2n) is 5.16. The van der Waals surface area contributed by atoms with Gasteiger partial charge in [-0.2, -0.15) is 5.26 Å². The van der Waals surface area contributed by atoms with Crippen LogP contribution >= 0.6 is 0 Å². The Labute approximate surface area is 113 Å². The summed E-state index contributed by atoms with van der Waals surface area (Å²) in [5, 5.41) is 19.3. The van der Waals surface area contributed by atoms with Crippen molar-refractivity contribution in [2.75, 3.05) is 13.2 Å². The molecule has 0 heterocycles. The van der Waals surface area contributed by atoms with E-state index in [1.807, 2.05) is 31.2 Å². The molecule has 98 valence electrons. The van der Waals surface area contributed by atoms with Crippen LogP contribution < -0.4 is 0 Å². The molecule has 0 spiro atoms. The van der Waals surface area contributed by atoms with E-state index in [0.717, 1.165) is 23.1 Å². The summed E-state index contributed by atoms with van der Waals surface area (Å²) in [5.74, 6) is 0.158. The van der Waals surface area contributed by atoms with Gasteiger partial charge in [0.05, 0.1) is 18.8 Å². The van der Waals surface area contributed by atoms with Crippen molar-refractivity contribution in [3.05, 3.63) is 41.5 Å². The summed E-state index contributed by atoms with van der Waals surface area (Å²) < 4.78 is 5.75. The van der Waals surface area contributed by atoms with Crippen molar-refractivity contribution in [3.8, 4) is 6.07 Å². The lowest BCUT2D eigenvalue weighted by Crippen LogP contribution is -2.58. The third kappa shape index (κ3) is 1.51. The number of allylic oxidation sites excluding steroid dienone is 1. The van der Waals surface area contributed by atoms with Crippen LogP contribution in [0.1, 0.15) is 24.5 Å². The van der Waals surface area contributed by atoms with E-state index in [9.17, 15) is 10.4 Å². The number of ether oxygens (including phenoxy) is 1. The summed E-state index contributed by atoms with van der Waals surface area (Å²) in [4.78, 5) is 0. The van der Waals surface area contributed by atoms with E-state index >= 15 is 0 Å². The van der Waals surface area contributed by atoms with E-state index < -0.39 is 5.41 Å². The first kappa shape index (κ1) is 12.4. The quantitative estimate of drug-likeness (QED) is 0.901. The van der Waals surface area contributed by atoms with Gasteiger partial charge in [0, 0.05) is 12.5 Å². The fourth-order valence-electron chi connectivity index (χ4n) is 3.46. The van der Waals surface area contributed by atoms with Gasteiger partial charge in [-0.05, 0) is 30.0 Å². The van der Waals surface area contributed by atoms with Crippen LogP contribution in [0.25, 0.3) is 5.57 Å². The molecule has 3 heteroatoms. The predicted molar refractivity (Wildman–Crippen MR) is 72.3 cm³/mol. The maximum Gasteiger partial charge on any atom is 0.115 e. The Morgan fingerprint density at radius 1 is 1.47 bits per heavy atom. The molecule has 1 aromatic rings. The summed E-state index contributed by atoms with van der Waals surface area (Å²) in [7, 11) is 0. The maximum absolute atomic E-state index is 9.75. The highest BCUT2D eigenvalue weighted by Gasteiger charge is 2.59. The van der Waals surface area contributed by atoms with Gasteiger partial charge in [0.1, 0.15) is 5.41 Å². The monoisotopic (exact) mass is 255 g/mol. The lowest BCUT2D eigenvalue weighted by atomic mass is 9.51. The highest BCUT2D eigenvalue weighted by Crippen LogP contribution is 2.55. The van der Waals surface area contributed by atoms with Crippen LogP contribution in [0, 0.1) is 17.2 Å². The zero-order valence-electron chi connectivity index (χ0n) is 11.0. The number of hydrogen-bond acceptors (Lipinski definition) is 3. The molecule has 2 aliphatic rings. The minimum Gasteiger partial charge on any atom is -0.392 e. The number of aliphatic hydroxyl groups is 1. The van der Waals surface area contributed by atoms with Gasteiger partial charge in [-0.25, -0.2) is 0 Å². The molecular formula is C16H17NO2. The molecule has 3 atom stereocenters. The van der Waals surface area contributed by atoms with Crippen LogP contribution in [0.2, 0.25) is 0 Å². The number of nitrogens with zero attached hydrogens (tertiary/aromatic N) is 1. The van der Waals surface area contributed by atoms with Crippen molar-refractivity contribution in [2.45, 2.75) is 24.9 Å². The molecule has 0 aliphatic heterocycles. The Balaban J connectivity index is 2.14. The average Bonchev–Trinajstić information content (AvgIpc) is 2.44. The van der Waals surface area contributed by atoms with Crippen molar-refractivity contribution in [1.29, 1.82) is 5.26 Å². The zero-order valence-corrected chi connectivity index (χ0v) is 11.0. The van der Waals surface area contributed by atoms with Gasteiger partial charge in [0.2, 0.25) is 0 Å². The third-order valence-corrected chi connectivity index (χ3v) is 4.41. The molecule has 0 aromatic heterocycles. The normalized spacial score (nSPS) is 31.5. The maximum atomic E-state index is 9.75. The van der Waals surface area contributed by atoms with E-state index in [0.29, 0.717) is 6.61 Å². The molecule has 3 rings (SSSR count). The molecule has 2 aliphatic carbocycles. The van der Waals surface area contributed by atoms with E-state index in [-0.39, 0.29) is 18.6 Å². The number of fused-ring (bicyclic) bond motifs is 3. The van der Waals surface area contributed by atoms with Crippen LogP contribution in [-0.4, -0.2) is 24.4 Å². The minimum absolute atomic E-state index is 0.0221. The molecule has 0 radical (unpaired) electrons. The van der Waals surface area contributed by atoms with Crippen LogP contribution in [0.15, 0.2) is 30.3 Å². The fraction of sp³-hybridized carbons (Fsp3) is 0.438.